The smallest absolute Gasteiger partial charge is 0.338 e. The molecular weight excluding hydrogens is 285 g/mol. The van der Waals surface area contributed by atoms with Crippen LogP contribution in [0, 0.1) is 0 Å². The van der Waals surface area contributed by atoms with Crippen LogP contribution in [-0.4, -0.2) is 22.6 Å². The predicted octanol–water partition coefficient (Wildman–Crippen LogP) is 3.99. The molecule has 0 spiro atoms. The highest BCUT2D eigenvalue weighted by Gasteiger charge is 2.39. The van der Waals surface area contributed by atoms with Gasteiger partial charge in [-0.1, -0.05) is 13.0 Å². The van der Waals surface area contributed by atoms with Crippen molar-refractivity contribution in [1.29, 1.82) is 0 Å². The predicted molar refractivity (Wildman–Crippen MR) is 72.8 cm³/mol. The average Bonchev–Trinajstić information content (AvgIpc) is 3.05. The molecule has 2 nitrogen and oxygen atoms in total. The van der Waals surface area contributed by atoms with Crippen LogP contribution in [0.2, 0.25) is 0 Å². The molecule has 2 aromatic heterocycles. The lowest BCUT2D eigenvalue weighted by Gasteiger charge is -2.36. The van der Waals surface area contributed by atoms with Crippen LogP contribution in [0.15, 0.2) is 29.6 Å². The Bertz CT molecular complexity index is 586. The Labute approximate surface area is 119 Å². The van der Waals surface area contributed by atoms with Gasteiger partial charge in [-0.15, -0.1) is 11.3 Å². The maximum Gasteiger partial charge on any atom is 0.431 e. The van der Waals surface area contributed by atoms with Gasteiger partial charge in [-0.05, 0) is 30.1 Å². The van der Waals surface area contributed by atoms with Crippen molar-refractivity contribution in [3.05, 3.63) is 45.9 Å². The molecule has 0 radical (unpaired) electrons. The summed E-state index contributed by atoms with van der Waals surface area (Å²) in [6.07, 6.45) is -4.29. The van der Waals surface area contributed by atoms with Crippen LogP contribution in [0.5, 0.6) is 0 Å². The van der Waals surface area contributed by atoms with Crippen molar-refractivity contribution in [3.8, 4) is 0 Å². The molecule has 3 heterocycles. The number of aromatic nitrogens is 1. The number of alkyl halides is 3. The first-order chi connectivity index (χ1) is 9.52. The van der Waals surface area contributed by atoms with Gasteiger partial charge in [0, 0.05) is 23.7 Å². The number of nitrogens with zero attached hydrogens (tertiary/aromatic N) is 2. The molecule has 0 N–H and O–H groups in total. The Morgan fingerprint density at radius 1 is 1.25 bits per heavy atom. The van der Waals surface area contributed by atoms with Gasteiger partial charge in [-0.3, -0.25) is 4.90 Å². The first kappa shape index (κ1) is 13.7. The second-order valence-corrected chi connectivity index (χ2v) is 5.82. The summed E-state index contributed by atoms with van der Waals surface area (Å²) in [6.45, 7) is 3.91. The van der Waals surface area contributed by atoms with Gasteiger partial charge < -0.3 is 4.57 Å². The maximum absolute atomic E-state index is 13.0. The minimum absolute atomic E-state index is 0.0650. The molecule has 0 saturated heterocycles. The lowest BCUT2D eigenvalue weighted by atomic mass is 10.1. The normalized spacial score (nSPS) is 20.1. The zero-order chi connectivity index (χ0) is 14.3. The van der Waals surface area contributed by atoms with Crippen molar-refractivity contribution in [1.82, 2.24) is 9.47 Å². The third kappa shape index (κ3) is 2.16. The first-order valence-corrected chi connectivity index (χ1v) is 7.44. The standard InChI is InChI=1S/C14H15F3N2S/c1-2-18-7-8-19-10(5-6-12(19)14(15,16)17)13(18)11-4-3-9-20-11/h3-6,9,13H,2,7-8H2,1H3. The SMILES string of the molecule is CCN1CCn2c(ccc2C(F)(F)F)C1c1cccs1. The van der Waals surface area contributed by atoms with Gasteiger partial charge in [-0.2, -0.15) is 13.2 Å². The fraction of sp³-hybridized carbons (Fsp3) is 0.429. The van der Waals surface area contributed by atoms with E-state index in [2.05, 4.69) is 4.90 Å². The number of fused-ring (bicyclic) bond motifs is 1. The summed E-state index contributed by atoms with van der Waals surface area (Å²) in [7, 11) is 0. The molecule has 20 heavy (non-hydrogen) atoms. The minimum Gasteiger partial charge on any atom is -0.338 e. The summed E-state index contributed by atoms with van der Waals surface area (Å²) in [4.78, 5) is 3.32. The number of rotatable bonds is 2. The molecular formula is C14H15F3N2S. The molecule has 0 aliphatic carbocycles. The Kier molecular flexibility index (Phi) is 3.38. The van der Waals surface area contributed by atoms with Crippen molar-refractivity contribution < 1.29 is 13.2 Å². The zero-order valence-electron chi connectivity index (χ0n) is 11.0. The molecule has 6 heteroatoms. The molecule has 0 amide bonds. The Morgan fingerprint density at radius 2 is 2.05 bits per heavy atom. The Balaban J connectivity index is 2.09. The summed E-state index contributed by atoms with van der Waals surface area (Å²) >= 11 is 1.59. The fourth-order valence-corrected chi connectivity index (χ4v) is 3.75. The highest BCUT2D eigenvalue weighted by molar-refractivity contribution is 7.10. The van der Waals surface area contributed by atoms with Crippen LogP contribution < -0.4 is 0 Å². The van der Waals surface area contributed by atoms with Gasteiger partial charge in [0.05, 0.1) is 6.04 Å². The lowest BCUT2D eigenvalue weighted by molar-refractivity contribution is -0.144. The molecule has 1 aliphatic heterocycles. The summed E-state index contributed by atoms with van der Waals surface area (Å²) < 4.78 is 40.5. The summed E-state index contributed by atoms with van der Waals surface area (Å²) in [6, 6.07) is 6.70. The monoisotopic (exact) mass is 300 g/mol. The molecule has 0 aromatic carbocycles. The van der Waals surface area contributed by atoms with E-state index in [0.29, 0.717) is 13.1 Å². The van der Waals surface area contributed by atoms with Crippen LogP contribution in [-0.2, 0) is 12.7 Å². The van der Waals surface area contributed by atoms with E-state index >= 15 is 0 Å². The molecule has 0 fully saturated rings. The molecule has 0 bridgehead atoms. The van der Waals surface area contributed by atoms with Crippen molar-refractivity contribution in [2.24, 2.45) is 0 Å². The van der Waals surface area contributed by atoms with Crippen LogP contribution in [0.3, 0.4) is 0 Å². The Hall–Kier alpha value is -1.27. The first-order valence-electron chi connectivity index (χ1n) is 6.56. The minimum atomic E-state index is -4.29. The number of hydrogen-bond donors (Lipinski definition) is 0. The zero-order valence-corrected chi connectivity index (χ0v) is 11.8. The van der Waals surface area contributed by atoms with E-state index in [-0.39, 0.29) is 6.04 Å². The van der Waals surface area contributed by atoms with Crippen LogP contribution in [0.1, 0.15) is 29.2 Å². The maximum atomic E-state index is 13.0. The molecule has 1 unspecified atom stereocenters. The molecule has 108 valence electrons. The van der Waals surface area contributed by atoms with E-state index < -0.39 is 11.9 Å². The highest BCUT2D eigenvalue weighted by Crippen LogP contribution is 2.39. The second-order valence-electron chi connectivity index (χ2n) is 4.84. The highest BCUT2D eigenvalue weighted by atomic mass is 32.1. The van der Waals surface area contributed by atoms with Crippen molar-refractivity contribution in [3.63, 3.8) is 0 Å². The molecule has 1 aliphatic rings. The van der Waals surface area contributed by atoms with Crippen molar-refractivity contribution >= 4 is 11.3 Å². The Morgan fingerprint density at radius 3 is 2.65 bits per heavy atom. The van der Waals surface area contributed by atoms with Crippen molar-refractivity contribution in [2.45, 2.75) is 25.7 Å². The topological polar surface area (TPSA) is 8.17 Å². The molecule has 2 aromatic rings. The molecule has 3 rings (SSSR count). The summed E-state index contributed by atoms with van der Waals surface area (Å²) in [5, 5.41) is 1.97. The number of halogens is 3. The van der Waals surface area contributed by atoms with Gasteiger partial charge in [0.15, 0.2) is 0 Å². The van der Waals surface area contributed by atoms with Gasteiger partial charge >= 0.3 is 6.18 Å². The van der Waals surface area contributed by atoms with E-state index in [0.717, 1.165) is 17.1 Å². The fourth-order valence-electron chi connectivity index (χ4n) is 2.88. The molecule has 1 atom stereocenters. The second kappa shape index (κ2) is 4.93. The van der Waals surface area contributed by atoms with Gasteiger partial charge in [0.1, 0.15) is 5.69 Å². The van der Waals surface area contributed by atoms with Gasteiger partial charge in [0.2, 0.25) is 0 Å². The van der Waals surface area contributed by atoms with E-state index in [1.807, 2.05) is 24.4 Å². The quantitative estimate of drug-likeness (QED) is 0.814. The van der Waals surface area contributed by atoms with Crippen LogP contribution in [0.4, 0.5) is 13.2 Å². The number of hydrogen-bond acceptors (Lipinski definition) is 2. The average molecular weight is 300 g/mol. The van der Waals surface area contributed by atoms with Crippen molar-refractivity contribution in [2.75, 3.05) is 13.1 Å². The summed E-state index contributed by atoms with van der Waals surface area (Å²) in [5.41, 5.74) is 0.206. The van der Waals surface area contributed by atoms with Gasteiger partial charge in [-0.25, -0.2) is 0 Å². The third-order valence-corrected chi connectivity index (χ3v) is 4.70. The van der Waals surface area contributed by atoms with E-state index in [9.17, 15) is 13.2 Å². The van der Waals surface area contributed by atoms with Crippen LogP contribution in [0.25, 0.3) is 0 Å². The number of likely N-dealkylation sites (N-methyl/N-ethyl adjacent to an activating group) is 1. The lowest BCUT2D eigenvalue weighted by Crippen LogP contribution is -2.39. The number of thiophene rings is 1. The largest absolute Gasteiger partial charge is 0.431 e. The van der Waals surface area contributed by atoms with E-state index in [4.69, 9.17) is 0 Å². The van der Waals surface area contributed by atoms with Gasteiger partial charge in [0.25, 0.3) is 0 Å². The van der Waals surface area contributed by atoms with E-state index in [1.54, 1.807) is 17.4 Å². The summed E-state index contributed by atoms with van der Waals surface area (Å²) in [5.74, 6) is 0. The third-order valence-electron chi connectivity index (χ3n) is 3.78. The molecule has 0 saturated carbocycles. The van der Waals surface area contributed by atoms with Crippen LogP contribution >= 0.6 is 11.3 Å². The van der Waals surface area contributed by atoms with E-state index in [1.165, 1.54) is 10.6 Å².